The minimum Gasteiger partial charge on any atom is -0.326 e. The second-order valence-corrected chi connectivity index (χ2v) is 7.66. The predicted octanol–water partition coefficient (Wildman–Crippen LogP) is 4.57. The first-order chi connectivity index (χ1) is 12.5. The second kappa shape index (κ2) is 8.49. The highest BCUT2D eigenvalue weighted by molar-refractivity contribution is 8.26. The molecular weight excluding hydrogens is 388 g/mol. The summed E-state index contributed by atoms with van der Waals surface area (Å²) in [7, 11) is 0. The van der Waals surface area contributed by atoms with Crippen molar-refractivity contribution in [1.29, 1.82) is 0 Å². The van der Waals surface area contributed by atoms with Crippen molar-refractivity contribution in [2.24, 2.45) is 0 Å². The van der Waals surface area contributed by atoms with Crippen molar-refractivity contribution in [1.82, 2.24) is 4.90 Å². The van der Waals surface area contributed by atoms with Crippen molar-refractivity contribution < 1.29 is 9.59 Å². The molecule has 0 radical (unpaired) electrons. The molecule has 26 heavy (non-hydrogen) atoms. The van der Waals surface area contributed by atoms with Gasteiger partial charge in [0.1, 0.15) is 4.32 Å². The first-order valence-electron chi connectivity index (χ1n) is 7.89. The van der Waals surface area contributed by atoms with Gasteiger partial charge in [0.25, 0.3) is 5.91 Å². The monoisotopic (exact) mass is 402 g/mol. The summed E-state index contributed by atoms with van der Waals surface area (Å²) in [6, 6.07) is 16.4. The molecule has 2 amide bonds. The van der Waals surface area contributed by atoms with Gasteiger partial charge in [-0.1, -0.05) is 65.9 Å². The van der Waals surface area contributed by atoms with Crippen LogP contribution in [0.25, 0.3) is 6.08 Å². The fourth-order valence-corrected chi connectivity index (χ4v) is 3.80. The number of hydrogen-bond acceptors (Lipinski definition) is 4. The molecule has 0 aliphatic carbocycles. The third-order valence-corrected chi connectivity index (χ3v) is 5.29. The zero-order valence-electron chi connectivity index (χ0n) is 13.6. The number of carbonyl (C=O) groups excluding carboxylic acids is 2. The van der Waals surface area contributed by atoms with E-state index in [4.69, 9.17) is 23.8 Å². The summed E-state index contributed by atoms with van der Waals surface area (Å²) in [5.41, 5.74) is 1.60. The Labute approximate surface area is 166 Å². The van der Waals surface area contributed by atoms with Gasteiger partial charge in [0, 0.05) is 23.7 Å². The van der Waals surface area contributed by atoms with Gasteiger partial charge < -0.3 is 5.32 Å². The van der Waals surface area contributed by atoms with Crippen molar-refractivity contribution in [3.05, 3.63) is 70.1 Å². The molecule has 0 spiro atoms. The minimum absolute atomic E-state index is 0.160. The molecule has 0 aromatic heterocycles. The number of amides is 2. The van der Waals surface area contributed by atoms with E-state index in [0.29, 0.717) is 14.2 Å². The molecule has 0 bridgehead atoms. The smallest absolute Gasteiger partial charge is 0.266 e. The molecule has 2 aromatic carbocycles. The number of rotatable bonds is 5. The number of thioether (sulfide) groups is 1. The Bertz CT molecular complexity index is 867. The molecule has 0 saturated carbocycles. The summed E-state index contributed by atoms with van der Waals surface area (Å²) in [6.45, 7) is 0.251. The predicted molar refractivity (Wildman–Crippen MR) is 111 cm³/mol. The number of hydrogen-bond donors (Lipinski definition) is 1. The van der Waals surface area contributed by atoms with E-state index in [2.05, 4.69) is 5.32 Å². The molecule has 2 aromatic rings. The van der Waals surface area contributed by atoms with Crippen molar-refractivity contribution in [2.75, 3.05) is 11.9 Å². The topological polar surface area (TPSA) is 49.4 Å². The van der Waals surface area contributed by atoms with Crippen LogP contribution in [0.3, 0.4) is 0 Å². The van der Waals surface area contributed by atoms with E-state index in [1.165, 1.54) is 16.7 Å². The van der Waals surface area contributed by atoms with Crippen LogP contribution in [0.1, 0.15) is 12.0 Å². The van der Waals surface area contributed by atoms with Gasteiger partial charge in [-0.25, -0.2) is 0 Å². The number of nitrogens with one attached hydrogen (secondary N) is 1. The number of benzene rings is 2. The number of carbonyl (C=O) groups is 2. The van der Waals surface area contributed by atoms with Crippen LogP contribution in [0.4, 0.5) is 5.69 Å². The van der Waals surface area contributed by atoms with E-state index in [0.717, 1.165) is 11.3 Å². The van der Waals surface area contributed by atoms with E-state index in [1.807, 2.05) is 42.5 Å². The van der Waals surface area contributed by atoms with E-state index >= 15 is 0 Å². The van der Waals surface area contributed by atoms with Crippen LogP contribution in [-0.4, -0.2) is 27.6 Å². The first-order valence-corrected chi connectivity index (χ1v) is 9.49. The zero-order chi connectivity index (χ0) is 18.5. The van der Waals surface area contributed by atoms with Gasteiger partial charge in [-0.15, -0.1) is 0 Å². The average Bonchev–Trinajstić information content (AvgIpc) is 2.89. The largest absolute Gasteiger partial charge is 0.326 e. The highest BCUT2D eigenvalue weighted by atomic mass is 35.5. The lowest BCUT2D eigenvalue weighted by molar-refractivity contribution is -0.122. The minimum atomic E-state index is -0.178. The van der Waals surface area contributed by atoms with Crippen molar-refractivity contribution in [2.45, 2.75) is 6.42 Å². The van der Waals surface area contributed by atoms with Crippen LogP contribution in [0, 0.1) is 0 Å². The third-order valence-electron chi connectivity index (χ3n) is 3.66. The Morgan fingerprint density at radius 2 is 1.85 bits per heavy atom. The summed E-state index contributed by atoms with van der Waals surface area (Å²) in [6.07, 6.45) is 1.95. The summed E-state index contributed by atoms with van der Waals surface area (Å²) < 4.78 is 0.461. The highest BCUT2D eigenvalue weighted by Gasteiger charge is 2.32. The van der Waals surface area contributed by atoms with Gasteiger partial charge in [0.2, 0.25) is 5.91 Å². The summed E-state index contributed by atoms with van der Waals surface area (Å²) in [4.78, 5) is 26.6. The maximum atomic E-state index is 12.5. The molecule has 1 heterocycles. The molecule has 1 aliphatic heterocycles. The van der Waals surface area contributed by atoms with Gasteiger partial charge in [-0.3, -0.25) is 14.5 Å². The fraction of sp³-hybridized carbons (Fsp3) is 0.105. The van der Waals surface area contributed by atoms with E-state index in [-0.39, 0.29) is 24.8 Å². The lowest BCUT2D eigenvalue weighted by atomic mass is 10.2. The average molecular weight is 403 g/mol. The van der Waals surface area contributed by atoms with Crippen LogP contribution in [0.15, 0.2) is 59.5 Å². The molecule has 132 valence electrons. The molecule has 1 N–H and O–H groups in total. The molecule has 1 saturated heterocycles. The number of para-hydroxylation sites is 1. The lowest BCUT2D eigenvalue weighted by Crippen LogP contribution is -2.31. The molecule has 4 nitrogen and oxygen atoms in total. The fourth-order valence-electron chi connectivity index (χ4n) is 2.36. The Balaban J connectivity index is 1.60. The van der Waals surface area contributed by atoms with Crippen LogP contribution in [-0.2, 0) is 9.59 Å². The van der Waals surface area contributed by atoms with Crippen LogP contribution >= 0.6 is 35.6 Å². The Morgan fingerprint density at radius 1 is 1.15 bits per heavy atom. The molecular formula is C19H15ClN2O2S2. The summed E-state index contributed by atoms with van der Waals surface area (Å²) in [5.74, 6) is -0.339. The summed E-state index contributed by atoms with van der Waals surface area (Å²) >= 11 is 12.4. The van der Waals surface area contributed by atoms with E-state index in [9.17, 15) is 9.59 Å². The maximum absolute atomic E-state index is 12.5. The number of anilines is 1. The normalized spacial score (nSPS) is 15.6. The molecule has 0 atom stereocenters. The molecule has 0 unspecified atom stereocenters. The lowest BCUT2D eigenvalue weighted by Gasteiger charge is -2.14. The Hall–Kier alpha value is -2.15. The van der Waals surface area contributed by atoms with E-state index < -0.39 is 0 Å². The number of nitrogens with zero attached hydrogens (tertiary/aromatic N) is 1. The highest BCUT2D eigenvalue weighted by Crippen LogP contribution is 2.32. The SMILES string of the molecule is O=C(CCN1C(=O)/C(=C\c2ccc(Cl)cc2)SC1=S)Nc1ccccc1. The maximum Gasteiger partial charge on any atom is 0.266 e. The van der Waals surface area contributed by atoms with Crippen molar-refractivity contribution in [3.63, 3.8) is 0 Å². The quantitative estimate of drug-likeness (QED) is 0.588. The van der Waals surface area contributed by atoms with Crippen molar-refractivity contribution in [3.8, 4) is 0 Å². The van der Waals surface area contributed by atoms with Crippen LogP contribution in [0.2, 0.25) is 5.02 Å². The zero-order valence-corrected chi connectivity index (χ0v) is 16.0. The van der Waals surface area contributed by atoms with Gasteiger partial charge in [0.05, 0.1) is 4.91 Å². The second-order valence-electron chi connectivity index (χ2n) is 5.55. The first kappa shape index (κ1) is 18.6. The number of thiocarbonyl (C=S) groups is 1. The Morgan fingerprint density at radius 3 is 2.54 bits per heavy atom. The molecule has 1 fully saturated rings. The van der Waals surface area contributed by atoms with Gasteiger partial charge in [-0.2, -0.15) is 0 Å². The van der Waals surface area contributed by atoms with Gasteiger partial charge in [-0.05, 0) is 35.9 Å². The third kappa shape index (κ3) is 4.72. The standard InChI is InChI=1S/C19H15ClN2O2S2/c20-14-8-6-13(7-9-14)12-16-18(24)22(19(25)26-16)11-10-17(23)21-15-4-2-1-3-5-15/h1-9,12H,10-11H2,(H,21,23)/b16-12+. The van der Waals surface area contributed by atoms with E-state index in [1.54, 1.807) is 18.2 Å². The molecule has 3 rings (SSSR count). The summed E-state index contributed by atoms with van der Waals surface area (Å²) in [5, 5.41) is 3.44. The molecule has 7 heteroatoms. The van der Waals surface area contributed by atoms with Crippen LogP contribution < -0.4 is 5.32 Å². The van der Waals surface area contributed by atoms with Crippen LogP contribution in [0.5, 0.6) is 0 Å². The van der Waals surface area contributed by atoms with Crippen molar-refractivity contribution >= 4 is 63.5 Å². The molecule has 1 aliphatic rings. The Kier molecular flexibility index (Phi) is 6.08. The number of halogens is 1. The van der Waals surface area contributed by atoms with Gasteiger partial charge in [0.15, 0.2) is 0 Å². The van der Waals surface area contributed by atoms with Gasteiger partial charge >= 0.3 is 0 Å².